The number of methoxy groups -OCH3 is 2. The quantitative estimate of drug-likeness (QED) is 0.276. The lowest BCUT2D eigenvalue weighted by Crippen LogP contribution is -2.53. The van der Waals surface area contributed by atoms with Crippen molar-refractivity contribution in [1.29, 1.82) is 0 Å². The van der Waals surface area contributed by atoms with Gasteiger partial charge in [-0.2, -0.15) is 0 Å². The van der Waals surface area contributed by atoms with E-state index >= 15 is 0 Å². The van der Waals surface area contributed by atoms with E-state index in [4.69, 9.17) is 9.47 Å². The molecule has 150 valence electrons. The molecule has 0 aromatic heterocycles. The molecule has 4 aromatic rings. The van der Waals surface area contributed by atoms with E-state index in [0.29, 0.717) is 0 Å². The predicted octanol–water partition coefficient (Wildman–Crippen LogP) is 6.17. The Balaban J connectivity index is 2.20. The SMILES string of the molecule is COC(OC)(c1ccccc1)C(c1ccccc1)(c1ccccc1)c1ccccc1. The maximum atomic E-state index is 6.38. The van der Waals surface area contributed by atoms with E-state index in [1.807, 2.05) is 36.4 Å². The van der Waals surface area contributed by atoms with Crippen molar-refractivity contribution >= 4 is 0 Å². The van der Waals surface area contributed by atoms with E-state index in [1.54, 1.807) is 14.2 Å². The van der Waals surface area contributed by atoms with Gasteiger partial charge in [-0.25, -0.2) is 0 Å². The van der Waals surface area contributed by atoms with Crippen molar-refractivity contribution in [2.75, 3.05) is 14.2 Å². The standard InChI is InChI=1S/C28H26O2/c1-29-28(30-2,26-21-13-6-14-22-26)27(23-15-7-3-8-16-23,24-17-9-4-10-18-24)25-19-11-5-12-20-25/h3-22H,1-2H3. The van der Waals surface area contributed by atoms with Crippen LogP contribution in [-0.4, -0.2) is 14.2 Å². The first-order valence-corrected chi connectivity index (χ1v) is 10.1. The molecule has 0 N–H and O–H groups in total. The van der Waals surface area contributed by atoms with Gasteiger partial charge in [0.25, 0.3) is 0 Å². The van der Waals surface area contributed by atoms with Gasteiger partial charge in [-0.05, 0) is 16.7 Å². The van der Waals surface area contributed by atoms with Crippen molar-refractivity contribution in [2.45, 2.75) is 11.2 Å². The average molecular weight is 395 g/mol. The molecule has 2 nitrogen and oxygen atoms in total. The Morgan fingerprint density at radius 2 is 0.667 bits per heavy atom. The van der Waals surface area contributed by atoms with Crippen LogP contribution in [0.3, 0.4) is 0 Å². The molecule has 0 unspecified atom stereocenters. The third kappa shape index (κ3) is 3.06. The summed E-state index contributed by atoms with van der Waals surface area (Å²) >= 11 is 0. The van der Waals surface area contributed by atoms with Crippen LogP contribution >= 0.6 is 0 Å². The van der Waals surface area contributed by atoms with Gasteiger partial charge in [0.2, 0.25) is 5.79 Å². The molecule has 2 heteroatoms. The topological polar surface area (TPSA) is 18.5 Å². The first kappa shape index (κ1) is 20.1. The van der Waals surface area contributed by atoms with Crippen LogP contribution in [-0.2, 0) is 20.7 Å². The summed E-state index contributed by atoms with van der Waals surface area (Å²) in [6, 6.07) is 41.6. The molecule has 0 aliphatic carbocycles. The van der Waals surface area contributed by atoms with Gasteiger partial charge in [0, 0.05) is 19.8 Å². The fraction of sp³-hybridized carbons (Fsp3) is 0.143. The molecule has 0 amide bonds. The molecular weight excluding hydrogens is 368 g/mol. The van der Waals surface area contributed by atoms with Gasteiger partial charge in [0.05, 0.1) is 0 Å². The summed E-state index contributed by atoms with van der Waals surface area (Å²) in [7, 11) is 3.44. The van der Waals surface area contributed by atoms with Crippen LogP contribution in [0.2, 0.25) is 0 Å². The minimum Gasteiger partial charge on any atom is -0.348 e. The predicted molar refractivity (Wildman–Crippen MR) is 121 cm³/mol. The Labute approximate surface area is 178 Å². The smallest absolute Gasteiger partial charge is 0.212 e. The molecule has 4 aromatic carbocycles. The number of rotatable bonds is 7. The minimum atomic E-state index is -1.10. The van der Waals surface area contributed by atoms with E-state index in [-0.39, 0.29) is 0 Å². The zero-order chi connectivity index (χ0) is 20.9. The Morgan fingerprint density at radius 3 is 0.933 bits per heavy atom. The normalized spacial score (nSPS) is 11.9. The van der Waals surface area contributed by atoms with Crippen LogP contribution in [0.15, 0.2) is 121 Å². The van der Waals surface area contributed by atoms with Crippen LogP contribution in [0.5, 0.6) is 0 Å². The molecular formula is C28H26O2. The molecule has 0 radical (unpaired) electrons. The summed E-state index contributed by atoms with van der Waals surface area (Å²) in [6.45, 7) is 0. The van der Waals surface area contributed by atoms with Gasteiger partial charge in [-0.15, -0.1) is 0 Å². The Hall–Kier alpha value is -3.20. The third-order valence-corrected chi connectivity index (χ3v) is 5.84. The lowest BCUT2D eigenvalue weighted by molar-refractivity contribution is -0.244. The third-order valence-electron chi connectivity index (χ3n) is 5.84. The highest BCUT2D eigenvalue weighted by Crippen LogP contribution is 2.54. The fourth-order valence-electron chi connectivity index (χ4n) is 4.63. The molecule has 30 heavy (non-hydrogen) atoms. The molecule has 0 bridgehead atoms. The van der Waals surface area contributed by atoms with E-state index in [0.717, 1.165) is 22.3 Å². The summed E-state index contributed by atoms with van der Waals surface area (Å²) in [5.74, 6) is -1.10. The monoisotopic (exact) mass is 394 g/mol. The molecule has 0 heterocycles. The van der Waals surface area contributed by atoms with Crippen molar-refractivity contribution in [2.24, 2.45) is 0 Å². The summed E-state index contributed by atoms with van der Waals surface area (Å²) in [6.07, 6.45) is 0. The van der Waals surface area contributed by atoms with Crippen molar-refractivity contribution < 1.29 is 9.47 Å². The lowest BCUT2D eigenvalue weighted by atomic mass is 9.62. The second-order valence-corrected chi connectivity index (χ2v) is 7.24. The van der Waals surface area contributed by atoms with E-state index in [2.05, 4.69) is 84.9 Å². The van der Waals surface area contributed by atoms with E-state index in [9.17, 15) is 0 Å². The van der Waals surface area contributed by atoms with Gasteiger partial charge in [0.1, 0.15) is 5.41 Å². The minimum absolute atomic E-state index is 0.748. The molecule has 0 fully saturated rings. The molecule has 0 spiro atoms. The number of ether oxygens (including phenoxy) is 2. The van der Waals surface area contributed by atoms with Gasteiger partial charge in [-0.1, -0.05) is 121 Å². The largest absolute Gasteiger partial charge is 0.348 e. The van der Waals surface area contributed by atoms with Crippen molar-refractivity contribution in [1.82, 2.24) is 0 Å². The van der Waals surface area contributed by atoms with Gasteiger partial charge < -0.3 is 9.47 Å². The molecule has 0 saturated carbocycles. The van der Waals surface area contributed by atoms with Crippen LogP contribution in [0, 0.1) is 0 Å². The van der Waals surface area contributed by atoms with Crippen LogP contribution in [0.25, 0.3) is 0 Å². The highest BCUT2D eigenvalue weighted by Gasteiger charge is 2.57. The Bertz CT molecular complexity index is 944. The Morgan fingerprint density at radius 1 is 0.400 bits per heavy atom. The lowest BCUT2D eigenvalue weighted by Gasteiger charge is -2.50. The second kappa shape index (κ2) is 8.66. The zero-order valence-electron chi connectivity index (χ0n) is 17.4. The highest BCUT2D eigenvalue weighted by atomic mass is 16.7. The van der Waals surface area contributed by atoms with Gasteiger partial charge in [-0.3, -0.25) is 0 Å². The van der Waals surface area contributed by atoms with E-state index in [1.165, 1.54) is 0 Å². The fourth-order valence-corrected chi connectivity index (χ4v) is 4.63. The van der Waals surface area contributed by atoms with Crippen LogP contribution < -0.4 is 0 Å². The second-order valence-electron chi connectivity index (χ2n) is 7.24. The van der Waals surface area contributed by atoms with Crippen LogP contribution in [0.1, 0.15) is 22.3 Å². The summed E-state index contributed by atoms with van der Waals surface area (Å²) in [4.78, 5) is 0. The molecule has 0 aliphatic rings. The number of hydrogen-bond acceptors (Lipinski definition) is 2. The maximum Gasteiger partial charge on any atom is 0.212 e. The van der Waals surface area contributed by atoms with E-state index < -0.39 is 11.2 Å². The van der Waals surface area contributed by atoms with Gasteiger partial charge in [0.15, 0.2) is 0 Å². The maximum absolute atomic E-state index is 6.38. The first-order chi connectivity index (χ1) is 14.8. The van der Waals surface area contributed by atoms with Crippen molar-refractivity contribution in [3.05, 3.63) is 144 Å². The molecule has 4 rings (SSSR count). The van der Waals surface area contributed by atoms with Crippen molar-refractivity contribution in [3.8, 4) is 0 Å². The molecule has 0 aliphatic heterocycles. The Kier molecular flexibility index (Phi) is 5.80. The van der Waals surface area contributed by atoms with Crippen molar-refractivity contribution in [3.63, 3.8) is 0 Å². The molecule has 0 saturated heterocycles. The summed E-state index contributed by atoms with van der Waals surface area (Å²) in [5, 5.41) is 0. The zero-order valence-corrected chi connectivity index (χ0v) is 17.4. The van der Waals surface area contributed by atoms with Gasteiger partial charge >= 0.3 is 0 Å². The van der Waals surface area contributed by atoms with Crippen LogP contribution in [0.4, 0.5) is 0 Å². The number of hydrogen-bond donors (Lipinski definition) is 0. The average Bonchev–Trinajstić information content (AvgIpc) is 2.85. The number of benzene rings is 4. The summed E-state index contributed by atoms with van der Waals surface area (Å²) in [5.41, 5.74) is 3.48. The molecule has 0 atom stereocenters. The summed E-state index contributed by atoms with van der Waals surface area (Å²) < 4.78 is 12.8. The first-order valence-electron chi connectivity index (χ1n) is 10.1. The highest BCUT2D eigenvalue weighted by molar-refractivity contribution is 5.55.